The number of carbonyl (C=O) groups is 1. The molecule has 1 aliphatic heterocycles. The maximum atomic E-state index is 12.6. The van der Waals surface area contributed by atoms with Crippen molar-refractivity contribution in [1.29, 1.82) is 10.5 Å². The third kappa shape index (κ3) is 4.78. The van der Waals surface area contributed by atoms with Crippen LogP contribution in [-0.4, -0.2) is 11.9 Å². The summed E-state index contributed by atoms with van der Waals surface area (Å²) in [7, 11) is 0. The predicted molar refractivity (Wildman–Crippen MR) is 107 cm³/mol. The molecule has 1 heterocycles. The van der Waals surface area contributed by atoms with Gasteiger partial charge in [-0.3, -0.25) is 4.79 Å². The van der Waals surface area contributed by atoms with E-state index in [9.17, 15) is 4.79 Å². The average Bonchev–Trinajstić information content (AvgIpc) is 2.73. The molecule has 2 atom stereocenters. The minimum absolute atomic E-state index is 0.115. The lowest BCUT2D eigenvalue weighted by atomic mass is 9.76. The number of ether oxygens (including phenoxy) is 1. The molecule has 4 nitrogen and oxygen atoms in total. The highest BCUT2D eigenvalue weighted by atomic mass is 16.5. The molecule has 0 spiro atoms. The van der Waals surface area contributed by atoms with Gasteiger partial charge in [-0.05, 0) is 48.8 Å². The summed E-state index contributed by atoms with van der Waals surface area (Å²) < 4.78 is 6.16. The van der Waals surface area contributed by atoms with Crippen LogP contribution < -0.4 is 4.74 Å². The van der Waals surface area contributed by atoms with Gasteiger partial charge in [-0.15, -0.1) is 0 Å². The van der Waals surface area contributed by atoms with Crippen molar-refractivity contribution in [1.82, 2.24) is 0 Å². The van der Waals surface area contributed by atoms with Crippen molar-refractivity contribution in [3.63, 3.8) is 0 Å². The number of Topliss-reactive ketones (excluding diaryl/α,β-unsaturated/α-hetero) is 1. The summed E-state index contributed by atoms with van der Waals surface area (Å²) in [4.78, 5) is 12.6. The van der Waals surface area contributed by atoms with Gasteiger partial charge in [-0.1, -0.05) is 42.5 Å². The van der Waals surface area contributed by atoms with Crippen LogP contribution in [0.5, 0.6) is 5.75 Å². The molecule has 28 heavy (non-hydrogen) atoms. The van der Waals surface area contributed by atoms with Crippen LogP contribution in [0.1, 0.15) is 60.4 Å². The quantitative estimate of drug-likeness (QED) is 0.620. The summed E-state index contributed by atoms with van der Waals surface area (Å²) in [5.74, 6) is 1.12. The molecule has 2 aromatic carbocycles. The Bertz CT molecular complexity index is 861. The average molecular weight is 372 g/mol. The first-order valence-corrected chi connectivity index (χ1v) is 9.80. The van der Waals surface area contributed by atoms with Gasteiger partial charge in [-0.2, -0.15) is 10.5 Å². The number of ketones is 1. The summed E-state index contributed by atoms with van der Waals surface area (Å²) in [6, 6.07) is 22.1. The van der Waals surface area contributed by atoms with Crippen LogP contribution in [0.3, 0.4) is 0 Å². The van der Waals surface area contributed by atoms with Crippen molar-refractivity contribution in [2.24, 2.45) is 5.92 Å². The predicted octanol–water partition coefficient (Wildman–Crippen LogP) is 5.42. The van der Waals surface area contributed by atoms with Gasteiger partial charge in [0, 0.05) is 19.3 Å². The third-order valence-corrected chi connectivity index (χ3v) is 5.46. The van der Waals surface area contributed by atoms with E-state index < -0.39 is 0 Å². The number of nitrogens with zero attached hydrogens (tertiary/aromatic N) is 2. The Morgan fingerprint density at radius 3 is 2.29 bits per heavy atom. The van der Waals surface area contributed by atoms with E-state index in [1.54, 1.807) is 0 Å². The van der Waals surface area contributed by atoms with E-state index in [0.717, 1.165) is 12.8 Å². The molecule has 142 valence electrons. The zero-order valence-corrected chi connectivity index (χ0v) is 15.9. The lowest BCUT2D eigenvalue weighted by Gasteiger charge is -2.32. The van der Waals surface area contributed by atoms with Crippen LogP contribution in [0.2, 0.25) is 0 Å². The first-order chi connectivity index (χ1) is 13.7. The number of hydrogen-bond donors (Lipinski definition) is 0. The number of nitriles is 2. The first-order valence-electron chi connectivity index (χ1n) is 9.80. The fourth-order valence-corrected chi connectivity index (χ4v) is 4.10. The van der Waals surface area contributed by atoms with Crippen LogP contribution in [0.15, 0.2) is 54.6 Å². The number of para-hydroxylation sites is 1. The van der Waals surface area contributed by atoms with Crippen LogP contribution in [0.25, 0.3) is 0 Å². The largest absolute Gasteiger partial charge is 0.489 e. The molecule has 0 saturated heterocycles. The number of benzene rings is 2. The maximum Gasteiger partial charge on any atom is 0.170 e. The molecule has 3 rings (SSSR count). The van der Waals surface area contributed by atoms with E-state index >= 15 is 0 Å². The lowest BCUT2D eigenvalue weighted by molar-refractivity contribution is 0.0812. The number of rotatable bonds is 8. The van der Waals surface area contributed by atoms with E-state index in [1.165, 1.54) is 5.56 Å². The smallest absolute Gasteiger partial charge is 0.170 e. The van der Waals surface area contributed by atoms with Crippen LogP contribution in [0.4, 0.5) is 0 Å². The second-order valence-corrected chi connectivity index (χ2v) is 7.27. The summed E-state index contributed by atoms with van der Waals surface area (Å²) in [5, 5.41) is 18.1. The van der Waals surface area contributed by atoms with E-state index in [4.69, 9.17) is 15.3 Å². The second-order valence-electron chi connectivity index (χ2n) is 7.27. The van der Waals surface area contributed by atoms with Crippen molar-refractivity contribution >= 4 is 5.78 Å². The number of fused-ring (bicyclic) bond motifs is 1. The van der Waals surface area contributed by atoms with Gasteiger partial charge >= 0.3 is 0 Å². The number of hydrogen-bond acceptors (Lipinski definition) is 4. The Morgan fingerprint density at radius 1 is 0.964 bits per heavy atom. The van der Waals surface area contributed by atoms with Crippen molar-refractivity contribution in [2.75, 3.05) is 0 Å². The highest BCUT2D eigenvalue weighted by Gasteiger charge is 2.32. The maximum absolute atomic E-state index is 12.6. The third-order valence-electron chi connectivity index (χ3n) is 5.46. The molecule has 1 aliphatic rings. The van der Waals surface area contributed by atoms with Crippen molar-refractivity contribution < 1.29 is 9.53 Å². The minimum atomic E-state index is -0.195. The van der Waals surface area contributed by atoms with Gasteiger partial charge in [-0.25, -0.2) is 0 Å². The summed E-state index contributed by atoms with van der Waals surface area (Å²) in [6.45, 7) is 0. The standard InChI is InChI=1S/C24H24N2O2/c25-14-6-10-19(11-7-15-26)22(18-8-2-1-3-9-18)16-20-17-23(27)21-12-4-5-13-24(21)28-20/h1-5,8-9,12-13,19-20,22H,6-7,10-11,16-17H2. The summed E-state index contributed by atoms with van der Waals surface area (Å²) in [6.07, 6.45) is 3.29. The van der Waals surface area contributed by atoms with E-state index in [1.807, 2.05) is 42.5 Å². The molecule has 0 N–H and O–H groups in total. The van der Waals surface area contributed by atoms with E-state index in [2.05, 4.69) is 24.3 Å². The van der Waals surface area contributed by atoms with E-state index in [0.29, 0.717) is 37.0 Å². The Labute approximate surface area is 166 Å². The zero-order chi connectivity index (χ0) is 19.8. The lowest BCUT2D eigenvalue weighted by Crippen LogP contribution is -2.30. The highest BCUT2D eigenvalue weighted by molar-refractivity contribution is 5.99. The van der Waals surface area contributed by atoms with Crippen molar-refractivity contribution in [3.8, 4) is 17.9 Å². The zero-order valence-electron chi connectivity index (χ0n) is 15.9. The van der Waals surface area contributed by atoms with Crippen LogP contribution >= 0.6 is 0 Å². The molecule has 0 bridgehead atoms. The first kappa shape index (κ1) is 19.6. The molecule has 4 heteroatoms. The Hall–Kier alpha value is -3.11. The van der Waals surface area contributed by atoms with Gasteiger partial charge in [0.25, 0.3) is 0 Å². The SMILES string of the molecule is N#CCCC(CCC#N)C(CC1CC(=O)c2ccccc2O1)c1ccccc1. The minimum Gasteiger partial charge on any atom is -0.489 e. The molecule has 0 saturated carbocycles. The fraction of sp³-hybridized carbons (Fsp3) is 0.375. The summed E-state index contributed by atoms with van der Waals surface area (Å²) >= 11 is 0. The van der Waals surface area contributed by atoms with Crippen LogP contribution in [-0.2, 0) is 0 Å². The monoisotopic (exact) mass is 372 g/mol. The highest BCUT2D eigenvalue weighted by Crippen LogP contribution is 2.38. The van der Waals surface area contributed by atoms with Crippen molar-refractivity contribution in [2.45, 2.75) is 50.5 Å². The fourth-order valence-electron chi connectivity index (χ4n) is 4.10. The second kappa shape index (κ2) is 9.72. The van der Waals surface area contributed by atoms with Gasteiger partial charge in [0.05, 0.1) is 17.7 Å². The Balaban J connectivity index is 1.84. The molecule has 0 fully saturated rings. The van der Waals surface area contributed by atoms with Crippen molar-refractivity contribution in [3.05, 3.63) is 65.7 Å². The molecular weight excluding hydrogens is 348 g/mol. The molecular formula is C24H24N2O2. The van der Waals surface area contributed by atoms with Gasteiger partial charge in [0.1, 0.15) is 11.9 Å². The molecule has 2 unspecified atom stereocenters. The van der Waals surface area contributed by atoms with E-state index in [-0.39, 0.29) is 23.7 Å². The topological polar surface area (TPSA) is 73.9 Å². The van der Waals surface area contributed by atoms with Gasteiger partial charge in [0.15, 0.2) is 5.78 Å². The number of carbonyl (C=O) groups excluding carboxylic acids is 1. The Kier molecular flexibility index (Phi) is 6.82. The Morgan fingerprint density at radius 2 is 1.61 bits per heavy atom. The van der Waals surface area contributed by atoms with Crippen LogP contribution in [0, 0.1) is 28.6 Å². The molecule has 0 amide bonds. The molecule has 0 aromatic heterocycles. The molecule has 0 radical (unpaired) electrons. The summed E-state index contributed by atoms with van der Waals surface area (Å²) in [5.41, 5.74) is 1.83. The molecule has 2 aromatic rings. The van der Waals surface area contributed by atoms with Gasteiger partial charge in [0.2, 0.25) is 0 Å². The molecule has 0 aliphatic carbocycles. The normalized spacial score (nSPS) is 16.5. The van der Waals surface area contributed by atoms with Gasteiger partial charge < -0.3 is 4.74 Å².